The number of anilines is 2. The lowest BCUT2D eigenvalue weighted by Gasteiger charge is -2.17. The molecule has 0 unspecified atom stereocenters. The Labute approximate surface area is 183 Å². The minimum Gasteiger partial charge on any atom is -0.450 e. The lowest BCUT2D eigenvalue weighted by Crippen LogP contribution is -2.27. The van der Waals surface area contributed by atoms with E-state index in [0.29, 0.717) is 15.0 Å². The molecule has 0 saturated carbocycles. The number of rotatable bonds is 5. The highest BCUT2D eigenvalue weighted by molar-refractivity contribution is 8.27. The van der Waals surface area contributed by atoms with Gasteiger partial charge in [-0.2, -0.15) is 0 Å². The zero-order chi connectivity index (χ0) is 20.4. The molecule has 1 aromatic heterocycles. The fourth-order valence-corrected chi connectivity index (χ4v) is 4.87. The van der Waals surface area contributed by atoms with Crippen LogP contribution >= 0.6 is 35.7 Å². The summed E-state index contributed by atoms with van der Waals surface area (Å²) < 4.78 is 6.39. The van der Waals surface area contributed by atoms with E-state index in [0.717, 1.165) is 21.4 Å². The number of hydrogen-bond acceptors (Lipinski definition) is 6. The molecule has 2 aromatic carbocycles. The Kier molecular flexibility index (Phi) is 5.80. The number of thioether (sulfide) groups is 1. The van der Waals surface area contributed by atoms with Crippen molar-refractivity contribution in [2.45, 2.75) is 9.99 Å². The van der Waals surface area contributed by atoms with Gasteiger partial charge in [0.2, 0.25) is 0 Å². The van der Waals surface area contributed by atoms with Crippen molar-refractivity contribution in [2.75, 3.05) is 23.9 Å². The van der Waals surface area contributed by atoms with E-state index in [1.54, 1.807) is 22.7 Å². The first kappa shape index (κ1) is 19.8. The van der Waals surface area contributed by atoms with Crippen LogP contribution in [0.2, 0.25) is 0 Å². The van der Waals surface area contributed by atoms with Crippen molar-refractivity contribution in [3.8, 4) is 0 Å². The molecule has 1 fully saturated rings. The van der Waals surface area contributed by atoms with E-state index in [1.165, 1.54) is 11.8 Å². The second kappa shape index (κ2) is 8.49. The topological polar surface area (TPSA) is 36.7 Å². The molecule has 1 aliphatic rings. The number of benzene rings is 2. The minimum absolute atomic E-state index is 0.133. The first-order valence-corrected chi connectivity index (χ1v) is 10.9. The van der Waals surface area contributed by atoms with E-state index >= 15 is 0 Å². The van der Waals surface area contributed by atoms with Gasteiger partial charge in [-0.3, -0.25) is 9.69 Å². The van der Waals surface area contributed by atoms with Crippen LogP contribution in [0.25, 0.3) is 6.08 Å². The summed E-state index contributed by atoms with van der Waals surface area (Å²) in [4.78, 5) is 18.2. The summed E-state index contributed by atoms with van der Waals surface area (Å²) in [5, 5.41) is 0.775. The van der Waals surface area contributed by atoms with E-state index < -0.39 is 0 Å². The highest BCUT2D eigenvalue weighted by Crippen LogP contribution is 2.37. The Bertz CT molecular complexity index is 1070. The number of furan rings is 1. The average molecular weight is 439 g/mol. The summed E-state index contributed by atoms with van der Waals surface area (Å²) in [5.74, 6) is 0.498. The molecule has 4 rings (SSSR count). The Balaban J connectivity index is 1.52. The molecular formula is C22H18N2O2S3. The smallest absolute Gasteiger partial charge is 0.270 e. The van der Waals surface area contributed by atoms with Gasteiger partial charge >= 0.3 is 0 Å². The van der Waals surface area contributed by atoms with E-state index in [4.69, 9.17) is 16.6 Å². The van der Waals surface area contributed by atoms with Gasteiger partial charge in [0, 0.05) is 30.8 Å². The van der Waals surface area contributed by atoms with E-state index in [9.17, 15) is 4.79 Å². The number of amides is 1. The van der Waals surface area contributed by atoms with Crippen LogP contribution in [-0.2, 0) is 4.79 Å². The van der Waals surface area contributed by atoms with E-state index in [1.807, 2.05) is 85.7 Å². The summed E-state index contributed by atoms with van der Waals surface area (Å²) in [7, 11) is 3.95. The fourth-order valence-electron chi connectivity index (χ4n) is 2.79. The zero-order valence-electron chi connectivity index (χ0n) is 15.9. The molecule has 7 heteroatoms. The monoisotopic (exact) mass is 438 g/mol. The summed E-state index contributed by atoms with van der Waals surface area (Å²) in [6.45, 7) is 0. The zero-order valence-corrected chi connectivity index (χ0v) is 18.3. The highest BCUT2D eigenvalue weighted by atomic mass is 32.2. The van der Waals surface area contributed by atoms with Gasteiger partial charge in [0.05, 0.1) is 10.6 Å². The van der Waals surface area contributed by atoms with Gasteiger partial charge < -0.3 is 9.32 Å². The fraction of sp³-hybridized carbons (Fsp3) is 0.0909. The van der Waals surface area contributed by atoms with Crippen LogP contribution in [0.5, 0.6) is 0 Å². The molecule has 0 aliphatic carbocycles. The minimum atomic E-state index is -0.133. The number of carbonyl (C=O) groups is 1. The summed E-state index contributed by atoms with van der Waals surface area (Å²) in [6.07, 6.45) is 1.75. The van der Waals surface area contributed by atoms with Crippen molar-refractivity contribution in [3.63, 3.8) is 0 Å². The average Bonchev–Trinajstić information content (AvgIpc) is 3.26. The molecule has 0 N–H and O–H groups in total. The number of thiocarbonyl (C=S) groups is 1. The lowest BCUT2D eigenvalue weighted by atomic mass is 10.2. The van der Waals surface area contributed by atoms with Crippen LogP contribution in [0.1, 0.15) is 5.76 Å². The number of nitrogens with zero attached hydrogens (tertiary/aromatic N) is 2. The Hall–Kier alpha value is -2.48. The van der Waals surface area contributed by atoms with Crippen LogP contribution in [0, 0.1) is 0 Å². The van der Waals surface area contributed by atoms with Crippen molar-refractivity contribution in [2.24, 2.45) is 0 Å². The first-order chi connectivity index (χ1) is 14.0. The summed E-state index contributed by atoms with van der Waals surface area (Å²) >= 11 is 8.28. The normalized spacial score (nSPS) is 15.4. The standard InChI is InChI=1S/C22H18N2O2S3/c1-23(2)15-8-10-16(11-9-15)24-21(25)19(29-22(24)27)14-17-12-13-20(26-17)28-18-6-4-3-5-7-18/h3-14H,1-2H3/b19-14-. The van der Waals surface area contributed by atoms with Crippen molar-refractivity contribution >= 4 is 63.4 Å². The van der Waals surface area contributed by atoms with Crippen LogP contribution in [0.15, 0.2) is 86.0 Å². The maximum Gasteiger partial charge on any atom is 0.270 e. The van der Waals surface area contributed by atoms with Gasteiger partial charge in [-0.15, -0.1) is 0 Å². The lowest BCUT2D eigenvalue weighted by molar-refractivity contribution is -0.113. The molecular weight excluding hydrogens is 420 g/mol. The van der Waals surface area contributed by atoms with Crippen LogP contribution < -0.4 is 9.80 Å². The maximum absolute atomic E-state index is 12.9. The van der Waals surface area contributed by atoms with Crippen LogP contribution in [0.3, 0.4) is 0 Å². The van der Waals surface area contributed by atoms with E-state index in [-0.39, 0.29) is 5.91 Å². The molecule has 2 heterocycles. The molecule has 0 atom stereocenters. The van der Waals surface area contributed by atoms with Gasteiger partial charge in [0.15, 0.2) is 9.41 Å². The van der Waals surface area contributed by atoms with Crippen molar-refractivity contribution < 1.29 is 9.21 Å². The van der Waals surface area contributed by atoms with Gasteiger partial charge in [0.1, 0.15) is 5.76 Å². The van der Waals surface area contributed by atoms with Gasteiger partial charge in [-0.1, -0.05) is 53.9 Å². The third kappa shape index (κ3) is 4.42. The highest BCUT2D eigenvalue weighted by Gasteiger charge is 2.33. The molecule has 146 valence electrons. The largest absolute Gasteiger partial charge is 0.450 e. The second-order valence-electron chi connectivity index (χ2n) is 6.50. The van der Waals surface area contributed by atoms with Crippen LogP contribution in [0.4, 0.5) is 11.4 Å². The third-order valence-corrected chi connectivity index (χ3v) is 6.49. The summed E-state index contributed by atoms with van der Waals surface area (Å²) in [5.41, 5.74) is 1.83. The number of carbonyl (C=O) groups excluding carboxylic acids is 1. The molecule has 1 aliphatic heterocycles. The van der Waals surface area contributed by atoms with E-state index in [2.05, 4.69) is 0 Å². The van der Waals surface area contributed by atoms with Crippen molar-refractivity contribution in [1.82, 2.24) is 0 Å². The summed E-state index contributed by atoms with van der Waals surface area (Å²) in [6, 6.07) is 21.5. The molecule has 29 heavy (non-hydrogen) atoms. The molecule has 3 aromatic rings. The molecule has 0 bridgehead atoms. The maximum atomic E-state index is 12.9. The first-order valence-electron chi connectivity index (χ1n) is 8.89. The van der Waals surface area contributed by atoms with Crippen molar-refractivity contribution in [3.05, 3.63) is 77.4 Å². The van der Waals surface area contributed by atoms with Gasteiger partial charge in [-0.05, 0) is 48.5 Å². The SMILES string of the molecule is CN(C)c1ccc(N2C(=O)/C(=C/c3ccc(Sc4ccccc4)o3)SC2=S)cc1. The molecule has 1 amide bonds. The molecule has 0 spiro atoms. The van der Waals surface area contributed by atoms with Gasteiger partial charge in [0.25, 0.3) is 5.91 Å². The quantitative estimate of drug-likeness (QED) is 0.364. The predicted octanol–water partition coefficient (Wildman–Crippen LogP) is 5.90. The predicted molar refractivity (Wildman–Crippen MR) is 126 cm³/mol. The van der Waals surface area contributed by atoms with Crippen molar-refractivity contribution in [1.29, 1.82) is 0 Å². The number of hydrogen-bond donors (Lipinski definition) is 0. The molecule has 1 saturated heterocycles. The Morgan fingerprint density at radius 1 is 1.03 bits per heavy atom. The van der Waals surface area contributed by atoms with Crippen LogP contribution in [-0.4, -0.2) is 24.3 Å². The van der Waals surface area contributed by atoms with Gasteiger partial charge in [-0.25, -0.2) is 0 Å². The molecule has 0 radical (unpaired) electrons. The second-order valence-corrected chi connectivity index (χ2v) is 9.25. The Morgan fingerprint density at radius 3 is 2.45 bits per heavy atom. The molecule has 4 nitrogen and oxygen atoms in total. The third-order valence-electron chi connectivity index (χ3n) is 4.26. The Morgan fingerprint density at radius 2 is 1.76 bits per heavy atom.